The number of fused-ring (bicyclic) bond motifs is 1. The lowest BCUT2D eigenvalue weighted by molar-refractivity contribution is 0.196. The van der Waals surface area contributed by atoms with E-state index in [0.717, 1.165) is 34.8 Å². The number of carbonyl (C=O) groups is 1. The molecule has 0 spiro atoms. The quantitative estimate of drug-likeness (QED) is 0.279. The van der Waals surface area contributed by atoms with Gasteiger partial charge in [-0.15, -0.1) is 11.3 Å². The SMILES string of the molecule is O=C(Nc1ccc(F)cc1)N1CCC[C@@H](Nc2nccc(-c3c(-c4cccc(O)c4)nc4sccn34)n2)C1. The van der Waals surface area contributed by atoms with E-state index in [2.05, 4.69) is 15.6 Å². The van der Waals surface area contributed by atoms with E-state index >= 15 is 0 Å². The molecule has 6 rings (SSSR count). The Morgan fingerprint density at radius 2 is 2.00 bits per heavy atom. The second kappa shape index (κ2) is 10.1. The minimum atomic E-state index is -0.350. The Hall–Kier alpha value is -4.51. The number of nitrogens with zero attached hydrogens (tertiary/aromatic N) is 5. The average molecular weight is 530 g/mol. The number of hydrogen-bond donors (Lipinski definition) is 3. The summed E-state index contributed by atoms with van der Waals surface area (Å²) in [5, 5.41) is 18.2. The number of benzene rings is 2. The van der Waals surface area contributed by atoms with E-state index in [1.54, 1.807) is 29.3 Å². The zero-order valence-electron chi connectivity index (χ0n) is 20.2. The fraction of sp³-hybridized carbons (Fsp3) is 0.185. The van der Waals surface area contributed by atoms with Crippen molar-refractivity contribution in [1.82, 2.24) is 24.3 Å². The van der Waals surface area contributed by atoms with Gasteiger partial charge in [0.05, 0.1) is 11.4 Å². The second-order valence-electron chi connectivity index (χ2n) is 9.05. The highest BCUT2D eigenvalue weighted by molar-refractivity contribution is 7.15. The molecule has 3 aromatic heterocycles. The van der Waals surface area contributed by atoms with Crippen molar-refractivity contribution in [3.63, 3.8) is 0 Å². The van der Waals surface area contributed by atoms with Crippen LogP contribution >= 0.6 is 11.3 Å². The minimum Gasteiger partial charge on any atom is -0.508 e. The van der Waals surface area contributed by atoms with E-state index in [4.69, 9.17) is 9.97 Å². The molecule has 1 aliphatic rings. The van der Waals surface area contributed by atoms with Gasteiger partial charge in [0.1, 0.15) is 17.3 Å². The summed E-state index contributed by atoms with van der Waals surface area (Å²) >= 11 is 1.52. The van der Waals surface area contributed by atoms with Crippen LogP contribution in [0.4, 0.5) is 20.8 Å². The number of aromatic hydroxyl groups is 1. The van der Waals surface area contributed by atoms with Crippen molar-refractivity contribution in [2.75, 3.05) is 23.7 Å². The first-order valence-corrected chi connectivity index (χ1v) is 13.1. The molecular formula is C27H24FN7O2S. The van der Waals surface area contributed by atoms with Crippen LogP contribution in [0, 0.1) is 5.82 Å². The smallest absolute Gasteiger partial charge is 0.321 e. The summed E-state index contributed by atoms with van der Waals surface area (Å²) in [4.78, 5) is 29.4. The van der Waals surface area contributed by atoms with Gasteiger partial charge < -0.3 is 20.6 Å². The van der Waals surface area contributed by atoms with Crippen LogP contribution in [0.3, 0.4) is 0 Å². The average Bonchev–Trinajstić information content (AvgIpc) is 3.52. The summed E-state index contributed by atoms with van der Waals surface area (Å²) < 4.78 is 15.2. The fourth-order valence-corrected chi connectivity index (χ4v) is 5.36. The van der Waals surface area contributed by atoms with Crippen LogP contribution in [0.15, 0.2) is 72.4 Å². The van der Waals surface area contributed by atoms with Crippen molar-refractivity contribution in [2.24, 2.45) is 0 Å². The van der Waals surface area contributed by atoms with E-state index in [9.17, 15) is 14.3 Å². The molecule has 1 fully saturated rings. The van der Waals surface area contributed by atoms with E-state index in [1.807, 2.05) is 28.1 Å². The Labute approximate surface area is 221 Å². The molecule has 9 nitrogen and oxygen atoms in total. The topological polar surface area (TPSA) is 108 Å². The number of piperidine rings is 1. The van der Waals surface area contributed by atoms with Crippen molar-refractivity contribution in [1.29, 1.82) is 0 Å². The van der Waals surface area contributed by atoms with Gasteiger partial charge in [0.15, 0.2) is 4.96 Å². The number of amides is 2. The number of phenols is 1. The maximum Gasteiger partial charge on any atom is 0.321 e. The number of aromatic nitrogens is 4. The standard InChI is InChI=1S/C27H24FN7O2S/c28-18-6-8-19(9-7-18)31-26(37)34-12-2-4-20(16-34)30-25-29-11-10-22(32-25)24-23(17-3-1-5-21(36)15-17)33-27-35(24)13-14-38-27/h1,3,5-11,13-15,20,36H,2,4,12,16H2,(H,31,37)(H,29,30,32)/t20-/m1/s1. The van der Waals surface area contributed by atoms with Gasteiger partial charge in [-0.25, -0.2) is 24.1 Å². The first-order chi connectivity index (χ1) is 18.5. The summed E-state index contributed by atoms with van der Waals surface area (Å²) in [6.07, 6.45) is 5.34. The Morgan fingerprint density at radius 1 is 1.13 bits per heavy atom. The van der Waals surface area contributed by atoms with Gasteiger partial charge in [-0.05, 0) is 55.3 Å². The molecule has 3 N–H and O–H groups in total. The lowest BCUT2D eigenvalue weighted by Crippen LogP contribution is -2.47. The van der Waals surface area contributed by atoms with Crippen LogP contribution in [0.1, 0.15) is 12.8 Å². The number of likely N-dealkylation sites (tertiary alicyclic amines) is 1. The van der Waals surface area contributed by atoms with Crippen molar-refractivity contribution < 1.29 is 14.3 Å². The lowest BCUT2D eigenvalue weighted by atomic mass is 10.1. The van der Waals surface area contributed by atoms with E-state index in [1.165, 1.54) is 35.6 Å². The van der Waals surface area contributed by atoms with Gasteiger partial charge in [0, 0.05) is 48.2 Å². The monoisotopic (exact) mass is 529 g/mol. The number of urea groups is 1. The van der Waals surface area contributed by atoms with Crippen LogP contribution < -0.4 is 10.6 Å². The Morgan fingerprint density at radius 3 is 2.84 bits per heavy atom. The van der Waals surface area contributed by atoms with Gasteiger partial charge in [0.25, 0.3) is 0 Å². The third-order valence-corrected chi connectivity index (χ3v) is 7.17. The van der Waals surface area contributed by atoms with Crippen molar-refractivity contribution in [3.8, 4) is 28.4 Å². The Balaban J connectivity index is 1.22. The summed E-state index contributed by atoms with van der Waals surface area (Å²) in [6, 6.07) is 14.3. The number of hydrogen-bond acceptors (Lipinski definition) is 7. The third kappa shape index (κ3) is 4.88. The molecule has 5 aromatic rings. The predicted octanol–water partition coefficient (Wildman–Crippen LogP) is 5.47. The Kier molecular flexibility index (Phi) is 6.34. The zero-order valence-corrected chi connectivity index (χ0v) is 21.0. The molecule has 1 atom stereocenters. The van der Waals surface area contributed by atoms with Gasteiger partial charge in [-0.3, -0.25) is 4.40 Å². The highest BCUT2D eigenvalue weighted by atomic mass is 32.1. The number of carbonyl (C=O) groups excluding carboxylic acids is 1. The lowest BCUT2D eigenvalue weighted by Gasteiger charge is -2.33. The van der Waals surface area contributed by atoms with Gasteiger partial charge >= 0.3 is 6.03 Å². The highest BCUT2D eigenvalue weighted by Gasteiger charge is 2.25. The number of rotatable bonds is 5. The number of imidazole rings is 1. The summed E-state index contributed by atoms with van der Waals surface area (Å²) in [5.41, 5.74) is 3.55. The largest absolute Gasteiger partial charge is 0.508 e. The highest BCUT2D eigenvalue weighted by Crippen LogP contribution is 2.34. The summed E-state index contributed by atoms with van der Waals surface area (Å²) in [6.45, 7) is 1.11. The second-order valence-corrected chi connectivity index (χ2v) is 9.92. The van der Waals surface area contributed by atoms with Crippen LogP contribution in [-0.2, 0) is 0 Å². The maximum absolute atomic E-state index is 13.2. The maximum atomic E-state index is 13.2. The normalized spacial score (nSPS) is 15.5. The third-order valence-electron chi connectivity index (χ3n) is 6.42. The zero-order chi connectivity index (χ0) is 26.1. The predicted molar refractivity (Wildman–Crippen MR) is 145 cm³/mol. The molecule has 0 radical (unpaired) electrons. The molecule has 0 unspecified atom stereocenters. The molecule has 1 saturated heterocycles. The van der Waals surface area contributed by atoms with Crippen LogP contribution in [0.5, 0.6) is 5.75 Å². The van der Waals surface area contributed by atoms with Crippen molar-refractivity contribution >= 4 is 34.0 Å². The number of nitrogens with one attached hydrogen (secondary N) is 2. The molecule has 4 heterocycles. The van der Waals surface area contributed by atoms with Crippen LogP contribution in [0.25, 0.3) is 27.6 Å². The molecule has 38 heavy (non-hydrogen) atoms. The van der Waals surface area contributed by atoms with Crippen LogP contribution in [-0.4, -0.2) is 54.5 Å². The molecule has 0 aliphatic carbocycles. The molecule has 0 bridgehead atoms. The summed E-state index contributed by atoms with van der Waals surface area (Å²) in [5.74, 6) is 0.276. The van der Waals surface area contributed by atoms with Gasteiger partial charge in [-0.1, -0.05) is 12.1 Å². The Bertz CT molecular complexity index is 1600. The molecule has 192 valence electrons. The van der Waals surface area contributed by atoms with Gasteiger partial charge in [-0.2, -0.15) is 0 Å². The molecular weight excluding hydrogens is 505 g/mol. The van der Waals surface area contributed by atoms with Crippen LogP contribution in [0.2, 0.25) is 0 Å². The van der Waals surface area contributed by atoms with E-state index < -0.39 is 0 Å². The van der Waals surface area contributed by atoms with Crippen molar-refractivity contribution in [3.05, 3.63) is 78.2 Å². The van der Waals surface area contributed by atoms with E-state index in [-0.39, 0.29) is 23.6 Å². The molecule has 1 aliphatic heterocycles. The van der Waals surface area contributed by atoms with E-state index in [0.29, 0.717) is 30.4 Å². The molecule has 0 saturated carbocycles. The molecule has 11 heteroatoms. The number of thiazole rings is 1. The molecule has 2 aromatic carbocycles. The first kappa shape index (κ1) is 23.9. The summed E-state index contributed by atoms with van der Waals surface area (Å²) in [7, 11) is 0. The first-order valence-electron chi connectivity index (χ1n) is 12.2. The number of anilines is 2. The number of phenolic OH excluding ortho intramolecular Hbond substituents is 1. The van der Waals surface area contributed by atoms with Crippen molar-refractivity contribution in [2.45, 2.75) is 18.9 Å². The van der Waals surface area contributed by atoms with Gasteiger partial charge in [0.2, 0.25) is 5.95 Å². The molecule has 2 amide bonds. The fourth-order valence-electron chi connectivity index (χ4n) is 4.64. The number of halogens is 1. The minimum absolute atomic E-state index is 0.0323.